The van der Waals surface area contributed by atoms with Crippen LogP contribution in [0.1, 0.15) is 24.1 Å². The van der Waals surface area contributed by atoms with Gasteiger partial charge in [-0.25, -0.2) is 0 Å². The largest absolute Gasteiger partial charge is 0.287 e. The number of hydrogen-bond donors (Lipinski definition) is 0. The predicted molar refractivity (Wildman–Crippen MR) is 54.2 cm³/mol. The van der Waals surface area contributed by atoms with Crippen LogP contribution < -0.4 is 0 Å². The molecule has 1 rings (SSSR count). The Morgan fingerprint density at radius 3 is 2.93 bits per heavy atom. The first-order valence-electron chi connectivity index (χ1n) is 4.62. The minimum atomic E-state index is -0.459. The molecule has 0 atom stereocenters. The Hall–Kier alpha value is -1.96. The van der Waals surface area contributed by atoms with Gasteiger partial charge in [-0.1, -0.05) is 0 Å². The second kappa shape index (κ2) is 5.05. The van der Waals surface area contributed by atoms with Crippen molar-refractivity contribution in [3.63, 3.8) is 0 Å². The van der Waals surface area contributed by atoms with Crippen LogP contribution in [0, 0.1) is 28.4 Å². The molecule has 0 saturated carbocycles. The maximum atomic E-state index is 10.4. The van der Waals surface area contributed by atoms with Gasteiger partial charge in [-0.15, -0.1) is 0 Å². The van der Waals surface area contributed by atoms with Crippen LogP contribution in [-0.4, -0.2) is 9.91 Å². The Labute approximate surface area is 87.5 Å². The molecule has 0 unspecified atom stereocenters. The van der Waals surface area contributed by atoms with Gasteiger partial charge in [0.25, 0.3) is 5.69 Å². The number of aryl methyl sites for hydroxylation is 2. The first-order chi connectivity index (χ1) is 7.15. The fourth-order valence-electron chi connectivity index (χ4n) is 1.28. The van der Waals surface area contributed by atoms with E-state index < -0.39 is 4.92 Å². The van der Waals surface area contributed by atoms with E-state index in [0.717, 1.165) is 17.7 Å². The molecule has 5 heteroatoms. The molecule has 0 spiro atoms. The molecule has 1 aromatic heterocycles. The molecule has 15 heavy (non-hydrogen) atoms. The van der Waals surface area contributed by atoms with E-state index in [9.17, 15) is 10.1 Å². The van der Waals surface area contributed by atoms with Crippen LogP contribution in [0.5, 0.6) is 0 Å². The van der Waals surface area contributed by atoms with E-state index in [1.165, 1.54) is 12.3 Å². The molecule has 0 fully saturated rings. The van der Waals surface area contributed by atoms with Gasteiger partial charge in [-0.3, -0.25) is 15.1 Å². The summed E-state index contributed by atoms with van der Waals surface area (Å²) >= 11 is 0. The number of rotatable bonds is 4. The summed E-state index contributed by atoms with van der Waals surface area (Å²) in [5.41, 5.74) is 1.65. The zero-order valence-corrected chi connectivity index (χ0v) is 8.43. The molecule has 0 saturated heterocycles. The molecule has 0 amide bonds. The molecule has 0 aliphatic heterocycles. The van der Waals surface area contributed by atoms with E-state index in [0.29, 0.717) is 12.8 Å². The highest BCUT2D eigenvalue weighted by Gasteiger charge is 2.08. The zero-order chi connectivity index (χ0) is 11.3. The van der Waals surface area contributed by atoms with E-state index in [-0.39, 0.29) is 5.69 Å². The fourth-order valence-corrected chi connectivity index (χ4v) is 1.28. The summed E-state index contributed by atoms with van der Waals surface area (Å²) in [4.78, 5) is 14.0. The van der Waals surface area contributed by atoms with Crippen LogP contribution in [0.3, 0.4) is 0 Å². The lowest BCUT2D eigenvalue weighted by Crippen LogP contribution is -1.97. The number of aromatic nitrogens is 1. The van der Waals surface area contributed by atoms with Gasteiger partial charge in [0.15, 0.2) is 0 Å². The normalized spacial score (nSPS) is 9.60. The van der Waals surface area contributed by atoms with Crippen molar-refractivity contribution in [2.24, 2.45) is 0 Å². The molecule has 1 aromatic rings. The third-order valence-corrected chi connectivity index (χ3v) is 2.09. The van der Waals surface area contributed by atoms with Crippen LogP contribution in [-0.2, 0) is 6.42 Å². The highest BCUT2D eigenvalue weighted by molar-refractivity contribution is 5.33. The molecule has 0 bridgehead atoms. The van der Waals surface area contributed by atoms with Crippen LogP contribution in [0.2, 0.25) is 0 Å². The Kier molecular flexibility index (Phi) is 3.75. The van der Waals surface area contributed by atoms with Gasteiger partial charge >= 0.3 is 0 Å². The van der Waals surface area contributed by atoms with Crippen molar-refractivity contribution in [3.05, 3.63) is 33.6 Å². The van der Waals surface area contributed by atoms with Gasteiger partial charge in [-0.2, -0.15) is 5.26 Å². The average molecular weight is 205 g/mol. The maximum absolute atomic E-state index is 10.4. The quantitative estimate of drug-likeness (QED) is 0.428. The van der Waals surface area contributed by atoms with Gasteiger partial charge in [0, 0.05) is 18.2 Å². The third kappa shape index (κ3) is 3.02. The van der Waals surface area contributed by atoms with Crippen LogP contribution in [0.15, 0.2) is 12.3 Å². The molecule has 0 N–H and O–H groups in total. The summed E-state index contributed by atoms with van der Waals surface area (Å²) in [6, 6.07) is 3.56. The molecule has 0 radical (unpaired) electrons. The van der Waals surface area contributed by atoms with Gasteiger partial charge in [0.05, 0.1) is 11.0 Å². The first-order valence-corrected chi connectivity index (χ1v) is 4.62. The van der Waals surface area contributed by atoms with Gasteiger partial charge in [-0.05, 0) is 25.3 Å². The van der Waals surface area contributed by atoms with E-state index in [1.807, 2.05) is 0 Å². The Bertz CT molecular complexity index is 410. The molecule has 0 aromatic carbocycles. The number of pyridine rings is 1. The second-order valence-corrected chi connectivity index (χ2v) is 3.23. The van der Waals surface area contributed by atoms with Crippen LogP contribution in [0.4, 0.5) is 5.69 Å². The SMILES string of the molecule is Cc1cc([N+](=O)[O-])cnc1CCCC#N. The minimum Gasteiger partial charge on any atom is -0.258 e. The minimum absolute atomic E-state index is 0.0107. The topological polar surface area (TPSA) is 79.8 Å². The van der Waals surface area contributed by atoms with Crippen molar-refractivity contribution in [1.82, 2.24) is 4.98 Å². The smallest absolute Gasteiger partial charge is 0.258 e. The van der Waals surface area contributed by atoms with Gasteiger partial charge in [0.2, 0.25) is 0 Å². The van der Waals surface area contributed by atoms with Crippen molar-refractivity contribution in [2.45, 2.75) is 26.2 Å². The van der Waals surface area contributed by atoms with Gasteiger partial charge < -0.3 is 0 Å². The molecule has 1 heterocycles. The molecular weight excluding hydrogens is 194 g/mol. The number of nitriles is 1. The van der Waals surface area contributed by atoms with Crippen molar-refractivity contribution in [1.29, 1.82) is 5.26 Å². The van der Waals surface area contributed by atoms with Crippen LogP contribution >= 0.6 is 0 Å². The summed E-state index contributed by atoms with van der Waals surface area (Å²) in [5, 5.41) is 18.8. The van der Waals surface area contributed by atoms with E-state index in [4.69, 9.17) is 5.26 Å². The summed E-state index contributed by atoms with van der Waals surface area (Å²) in [6.45, 7) is 1.79. The summed E-state index contributed by atoms with van der Waals surface area (Å²) in [7, 11) is 0. The Balaban J connectivity index is 2.76. The standard InChI is InChI=1S/C10H11N3O2/c1-8-6-9(13(14)15)7-12-10(8)4-2-3-5-11/h6-7H,2-4H2,1H3. The molecule has 5 nitrogen and oxygen atoms in total. The Morgan fingerprint density at radius 1 is 1.67 bits per heavy atom. The first kappa shape index (κ1) is 11.1. The number of nitro groups is 1. The summed E-state index contributed by atoms with van der Waals surface area (Å²) in [5.74, 6) is 0. The van der Waals surface area contributed by atoms with Crippen molar-refractivity contribution in [3.8, 4) is 6.07 Å². The van der Waals surface area contributed by atoms with Crippen molar-refractivity contribution in [2.75, 3.05) is 0 Å². The molecular formula is C10H11N3O2. The number of hydrogen-bond acceptors (Lipinski definition) is 4. The lowest BCUT2D eigenvalue weighted by atomic mass is 10.1. The average Bonchev–Trinajstić information content (AvgIpc) is 2.20. The van der Waals surface area contributed by atoms with E-state index >= 15 is 0 Å². The highest BCUT2D eigenvalue weighted by Crippen LogP contribution is 2.15. The lowest BCUT2D eigenvalue weighted by Gasteiger charge is -2.02. The highest BCUT2D eigenvalue weighted by atomic mass is 16.6. The fraction of sp³-hybridized carbons (Fsp3) is 0.400. The van der Waals surface area contributed by atoms with E-state index in [1.54, 1.807) is 6.92 Å². The monoisotopic (exact) mass is 205 g/mol. The zero-order valence-electron chi connectivity index (χ0n) is 8.43. The van der Waals surface area contributed by atoms with Crippen LogP contribution in [0.25, 0.3) is 0 Å². The van der Waals surface area contributed by atoms with Gasteiger partial charge in [0.1, 0.15) is 6.20 Å². The maximum Gasteiger partial charge on any atom is 0.287 e. The lowest BCUT2D eigenvalue weighted by molar-refractivity contribution is -0.385. The summed E-state index contributed by atoms with van der Waals surface area (Å²) in [6.07, 6.45) is 3.17. The van der Waals surface area contributed by atoms with Crippen molar-refractivity contribution >= 4 is 5.69 Å². The molecule has 0 aliphatic carbocycles. The molecule has 0 aliphatic rings. The number of unbranched alkanes of at least 4 members (excludes halogenated alkanes) is 1. The van der Waals surface area contributed by atoms with Crippen molar-refractivity contribution < 1.29 is 4.92 Å². The number of nitrogens with zero attached hydrogens (tertiary/aromatic N) is 3. The third-order valence-electron chi connectivity index (χ3n) is 2.09. The van der Waals surface area contributed by atoms with E-state index in [2.05, 4.69) is 11.1 Å². The predicted octanol–water partition coefficient (Wildman–Crippen LogP) is 2.14. The Morgan fingerprint density at radius 2 is 2.40 bits per heavy atom. The molecule has 78 valence electrons. The second-order valence-electron chi connectivity index (χ2n) is 3.23. The summed E-state index contributed by atoms with van der Waals surface area (Å²) < 4.78 is 0.